The maximum Gasteiger partial charge on any atom is 0.335 e. The first-order valence-corrected chi connectivity index (χ1v) is 5.14. The minimum atomic E-state index is -2.19. The fraction of sp³-hybridized carbons (Fsp3) is 0.222. The zero-order valence-electron chi connectivity index (χ0n) is 7.52. The molecule has 0 aliphatic rings. The first kappa shape index (κ1) is 10.9. The Hall–Kier alpha value is -1.20. The van der Waals surface area contributed by atoms with Crippen LogP contribution in [0.1, 0.15) is 21.5 Å². The molecule has 14 heavy (non-hydrogen) atoms. The molecule has 0 amide bonds. The Labute approximate surface area is 83.9 Å². The van der Waals surface area contributed by atoms with Gasteiger partial charge in [-0.15, -0.1) is 0 Å². The van der Waals surface area contributed by atoms with Gasteiger partial charge in [-0.25, -0.2) is 4.79 Å². The van der Waals surface area contributed by atoms with Crippen LogP contribution in [0.3, 0.4) is 0 Å². The molecule has 0 saturated carbocycles. The third-order valence-electron chi connectivity index (χ3n) is 1.82. The fourth-order valence-corrected chi connectivity index (χ4v) is 1.58. The quantitative estimate of drug-likeness (QED) is 0.762. The molecule has 0 spiro atoms. The number of aromatic carboxylic acids is 1. The van der Waals surface area contributed by atoms with Crippen LogP contribution in [-0.4, -0.2) is 19.8 Å². The first-order valence-electron chi connectivity index (χ1n) is 3.89. The summed E-state index contributed by atoms with van der Waals surface area (Å²) in [5.41, 5.74) is 1.26. The molecule has 1 rings (SSSR count). The topological polar surface area (TPSA) is 77.4 Å². The van der Waals surface area contributed by atoms with E-state index in [1.54, 1.807) is 19.1 Å². The van der Waals surface area contributed by atoms with Gasteiger partial charge in [0.15, 0.2) is 0 Å². The van der Waals surface area contributed by atoms with Crippen molar-refractivity contribution in [2.45, 2.75) is 12.7 Å². The second-order valence-electron chi connectivity index (χ2n) is 2.90. The van der Waals surface area contributed by atoms with Gasteiger partial charge in [-0.3, -0.25) is 4.21 Å². The molecule has 1 aromatic rings. The molecule has 0 heterocycles. The number of carboxylic acids is 1. The van der Waals surface area contributed by atoms with Gasteiger partial charge < -0.3 is 9.66 Å². The normalized spacial score (nSPS) is 12.4. The van der Waals surface area contributed by atoms with Crippen LogP contribution in [0.2, 0.25) is 0 Å². The zero-order chi connectivity index (χ0) is 10.7. The minimum Gasteiger partial charge on any atom is -0.772 e. The predicted molar refractivity (Wildman–Crippen MR) is 50.8 cm³/mol. The van der Waals surface area contributed by atoms with Crippen LogP contribution in [0.15, 0.2) is 18.2 Å². The highest BCUT2D eigenvalue weighted by Gasteiger charge is 2.07. The molecule has 76 valence electrons. The zero-order valence-corrected chi connectivity index (χ0v) is 8.34. The van der Waals surface area contributed by atoms with Crippen molar-refractivity contribution in [3.8, 4) is 0 Å². The molecule has 1 aromatic carbocycles. The van der Waals surface area contributed by atoms with Gasteiger partial charge in [-0.2, -0.15) is 0 Å². The van der Waals surface area contributed by atoms with Gasteiger partial charge in [0, 0.05) is 5.75 Å². The van der Waals surface area contributed by atoms with Crippen molar-refractivity contribution in [3.63, 3.8) is 0 Å². The molecule has 1 unspecified atom stereocenters. The summed E-state index contributed by atoms with van der Waals surface area (Å²) in [4.78, 5) is 10.7. The maximum atomic E-state index is 10.7. The van der Waals surface area contributed by atoms with Crippen molar-refractivity contribution in [3.05, 3.63) is 34.9 Å². The SMILES string of the molecule is Cc1ccc(CS(=O)[O-])cc1C(=O)O. The average molecular weight is 213 g/mol. The van der Waals surface area contributed by atoms with E-state index in [1.165, 1.54) is 6.07 Å². The molecular weight excluding hydrogens is 204 g/mol. The highest BCUT2D eigenvalue weighted by Crippen LogP contribution is 2.12. The number of aryl methyl sites for hydroxylation is 1. The summed E-state index contributed by atoms with van der Waals surface area (Å²) in [5, 5.41) is 8.77. The fourth-order valence-electron chi connectivity index (χ4n) is 1.13. The Morgan fingerprint density at radius 2 is 2.21 bits per heavy atom. The van der Waals surface area contributed by atoms with E-state index in [2.05, 4.69) is 0 Å². The first-order chi connectivity index (χ1) is 6.50. The van der Waals surface area contributed by atoms with Crippen LogP contribution in [0, 0.1) is 6.92 Å². The maximum absolute atomic E-state index is 10.7. The lowest BCUT2D eigenvalue weighted by Gasteiger charge is -2.07. The lowest BCUT2D eigenvalue weighted by molar-refractivity contribution is 0.0696. The van der Waals surface area contributed by atoms with Crippen LogP contribution < -0.4 is 0 Å². The summed E-state index contributed by atoms with van der Waals surface area (Å²) >= 11 is -2.19. The second-order valence-corrected chi connectivity index (χ2v) is 3.80. The van der Waals surface area contributed by atoms with Crippen molar-refractivity contribution >= 4 is 17.0 Å². The monoisotopic (exact) mass is 213 g/mol. The molecule has 0 aliphatic carbocycles. The number of carboxylic acid groups (broad SMARTS) is 1. The van der Waals surface area contributed by atoms with Gasteiger partial charge in [0.1, 0.15) is 0 Å². The summed E-state index contributed by atoms with van der Waals surface area (Å²) in [5.74, 6) is -1.19. The molecule has 0 bridgehead atoms. The number of hydrogen-bond donors (Lipinski definition) is 1. The average Bonchev–Trinajstić information content (AvgIpc) is 2.07. The Kier molecular flexibility index (Phi) is 3.38. The van der Waals surface area contributed by atoms with E-state index in [9.17, 15) is 13.6 Å². The molecule has 0 fully saturated rings. The molecule has 0 saturated heterocycles. The lowest BCUT2D eigenvalue weighted by atomic mass is 10.1. The highest BCUT2D eigenvalue weighted by atomic mass is 32.2. The Balaban J connectivity index is 3.06. The van der Waals surface area contributed by atoms with Crippen LogP contribution in [0.5, 0.6) is 0 Å². The van der Waals surface area contributed by atoms with Crippen molar-refractivity contribution in [2.75, 3.05) is 0 Å². The number of carbonyl (C=O) groups is 1. The summed E-state index contributed by atoms with van der Waals surface area (Å²) in [7, 11) is 0. The van der Waals surface area contributed by atoms with Gasteiger partial charge in [0.25, 0.3) is 0 Å². The van der Waals surface area contributed by atoms with E-state index in [4.69, 9.17) is 5.11 Å². The van der Waals surface area contributed by atoms with E-state index in [-0.39, 0.29) is 11.3 Å². The van der Waals surface area contributed by atoms with E-state index in [0.29, 0.717) is 11.1 Å². The second kappa shape index (κ2) is 4.34. The van der Waals surface area contributed by atoms with Gasteiger partial charge in [0.2, 0.25) is 0 Å². The molecular formula is C9H9O4S-. The summed E-state index contributed by atoms with van der Waals surface area (Å²) in [6.07, 6.45) is 0. The highest BCUT2D eigenvalue weighted by molar-refractivity contribution is 7.78. The van der Waals surface area contributed by atoms with Gasteiger partial charge in [-0.05, 0) is 24.1 Å². The van der Waals surface area contributed by atoms with Crippen LogP contribution in [0.25, 0.3) is 0 Å². The smallest absolute Gasteiger partial charge is 0.335 e. The third kappa shape index (κ3) is 2.65. The Morgan fingerprint density at radius 1 is 1.57 bits per heavy atom. The van der Waals surface area contributed by atoms with Crippen molar-refractivity contribution in [1.82, 2.24) is 0 Å². The van der Waals surface area contributed by atoms with Crippen molar-refractivity contribution in [1.29, 1.82) is 0 Å². The summed E-state index contributed by atoms with van der Waals surface area (Å²) in [6, 6.07) is 4.59. The van der Waals surface area contributed by atoms with Gasteiger partial charge in [0.05, 0.1) is 5.56 Å². The van der Waals surface area contributed by atoms with E-state index in [0.717, 1.165) is 0 Å². The van der Waals surface area contributed by atoms with Crippen LogP contribution >= 0.6 is 0 Å². The van der Waals surface area contributed by atoms with Crippen molar-refractivity contribution < 1.29 is 18.7 Å². The lowest BCUT2D eigenvalue weighted by Crippen LogP contribution is -2.02. The standard InChI is InChI=1S/C9H10O4S/c1-6-2-3-7(5-14(12)13)4-8(6)9(10)11/h2-4H,5H2,1H3,(H,10,11)(H,12,13)/p-1. The van der Waals surface area contributed by atoms with E-state index in [1.807, 2.05) is 0 Å². The summed E-state index contributed by atoms with van der Waals surface area (Å²) in [6.45, 7) is 1.67. The molecule has 1 atom stereocenters. The molecule has 0 aliphatic heterocycles. The van der Waals surface area contributed by atoms with E-state index >= 15 is 0 Å². The molecule has 4 nitrogen and oxygen atoms in total. The number of hydrogen-bond acceptors (Lipinski definition) is 3. The predicted octanol–water partition coefficient (Wildman–Crippen LogP) is 1.07. The van der Waals surface area contributed by atoms with Crippen LogP contribution in [0.4, 0.5) is 0 Å². The van der Waals surface area contributed by atoms with Crippen LogP contribution in [-0.2, 0) is 16.8 Å². The largest absolute Gasteiger partial charge is 0.772 e. The van der Waals surface area contributed by atoms with Crippen molar-refractivity contribution in [2.24, 2.45) is 0 Å². The number of benzene rings is 1. The van der Waals surface area contributed by atoms with E-state index < -0.39 is 17.0 Å². The summed E-state index contributed by atoms with van der Waals surface area (Å²) < 4.78 is 20.8. The molecule has 5 heteroatoms. The third-order valence-corrected chi connectivity index (χ3v) is 2.39. The van der Waals surface area contributed by atoms with Gasteiger partial charge >= 0.3 is 5.97 Å². The Morgan fingerprint density at radius 3 is 2.71 bits per heavy atom. The van der Waals surface area contributed by atoms with Gasteiger partial charge in [-0.1, -0.05) is 23.2 Å². The molecule has 1 N–H and O–H groups in total. The molecule has 0 radical (unpaired) electrons. The number of rotatable bonds is 3. The minimum absolute atomic E-state index is 0.146. The Bertz CT molecular complexity index is 386. The molecule has 0 aromatic heterocycles.